The molecule has 128 valence electrons. The maximum absolute atomic E-state index is 5.56. The summed E-state index contributed by atoms with van der Waals surface area (Å²) < 4.78 is 11.0. The lowest BCUT2D eigenvalue weighted by molar-refractivity contribution is 0.294. The van der Waals surface area contributed by atoms with Crippen LogP contribution < -0.4 is 20.1 Å². The van der Waals surface area contributed by atoms with Crippen LogP contribution in [0.2, 0.25) is 0 Å². The Kier molecular flexibility index (Phi) is 5.72. The summed E-state index contributed by atoms with van der Waals surface area (Å²) >= 11 is 0. The van der Waals surface area contributed by atoms with Gasteiger partial charge in [0.1, 0.15) is 11.5 Å². The average Bonchev–Trinajstić information content (AvgIpc) is 2.66. The van der Waals surface area contributed by atoms with Crippen LogP contribution in [0, 0.1) is 0 Å². The maximum atomic E-state index is 5.56. The van der Waals surface area contributed by atoms with Crippen LogP contribution in [-0.2, 0) is 6.54 Å². The zero-order valence-corrected chi connectivity index (χ0v) is 14.4. The Morgan fingerprint density at radius 1 is 1.00 bits per heavy atom. The quantitative estimate of drug-likeness (QED) is 0.855. The molecule has 2 N–H and O–H groups in total. The van der Waals surface area contributed by atoms with Gasteiger partial charge >= 0.3 is 0 Å². The minimum Gasteiger partial charge on any atom is -0.496 e. The van der Waals surface area contributed by atoms with Gasteiger partial charge in [-0.2, -0.15) is 0 Å². The number of piperidine rings is 1. The third kappa shape index (κ3) is 3.71. The van der Waals surface area contributed by atoms with E-state index in [2.05, 4.69) is 34.9 Å². The van der Waals surface area contributed by atoms with Gasteiger partial charge in [0, 0.05) is 23.7 Å². The van der Waals surface area contributed by atoms with Gasteiger partial charge in [-0.15, -0.1) is 0 Å². The maximum Gasteiger partial charge on any atom is 0.123 e. The number of nitrogens with one attached hydrogen (secondary N) is 2. The molecule has 0 spiro atoms. The fourth-order valence-corrected chi connectivity index (χ4v) is 3.45. The highest BCUT2D eigenvalue weighted by Crippen LogP contribution is 2.31. The Morgan fingerprint density at radius 2 is 1.71 bits per heavy atom. The molecule has 0 aromatic heterocycles. The van der Waals surface area contributed by atoms with E-state index >= 15 is 0 Å². The molecule has 2 aromatic carbocycles. The number of methoxy groups -OCH3 is 2. The lowest BCUT2D eigenvalue weighted by Gasteiger charge is -2.34. The van der Waals surface area contributed by atoms with Crippen molar-refractivity contribution in [3.8, 4) is 11.5 Å². The third-order valence-corrected chi connectivity index (χ3v) is 4.68. The summed E-state index contributed by atoms with van der Waals surface area (Å²) in [4.78, 5) is 0. The molecule has 1 saturated heterocycles. The van der Waals surface area contributed by atoms with Gasteiger partial charge < -0.3 is 20.1 Å². The standard InChI is InChI=1S/C20H26N2O2/c1-23-18-11-5-3-8-15(18)14-22-17-10-7-13-21-20(17)16-9-4-6-12-19(16)24-2/h3-6,8-9,11-12,17,20-22H,7,10,13-14H2,1-2H3. The summed E-state index contributed by atoms with van der Waals surface area (Å²) in [6.07, 6.45) is 2.32. The molecular weight excluding hydrogens is 300 g/mol. The lowest BCUT2D eigenvalue weighted by atomic mass is 9.91. The van der Waals surface area contributed by atoms with Crippen molar-refractivity contribution in [2.24, 2.45) is 0 Å². The van der Waals surface area contributed by atoms with Crippen LogP contribution in [0.5, 0.6) is 11.5 Å². The first kappa shape index (κ1) is 16.8. The lowest BCUT2D eigenvalue weighted by Crippen LogP contribution is -2.45. The van der Waals surface area contributed by atoms with Gasteiger partial charge in [0.25, 0.3) is 0 Å². The Bertz CT molecular complexity index is 660. The van der Waals surface area contributed by atoms with Crippen molar-refractivity contribution in [1.29, 1.82) is 0 Å². The molecule has 0 saturated carbocycles. The van der Waals surface area contributed by atoms with Gasteiger partial charge in [-0.3, -0.25) is 0 Å². The van der Waals surface area contributed by atoms with Gasteiger partial charge in [-0.05, 0) is 31.5 Å². The molecule has 1 heterocycles. The Hall–Kier alpha value is -2.04. The van der Waals surface area contributed by atoms with E-state index < -0.39 is 0 Å². The van der Waals surface area contributed by atoms with Crippen molar-refractivity contribution in [3.05, 3.63) is 59.7 Å². The van der Waals surface area contributed by atoms with Crippen molar-refractivity contribution >= 4 is 0 Å². The normalized spacial score (nSPS) is 20.6. The Labute approximate surface area is 144 Å². The average molecular weight is 326 g/mol. The topological polar surface area (TPSA) is 42.5 Å². The van der Waals surface area contributed by atoms with E-state index in [0.717, 1.165) is 31.0 Å². The van der Waals surface area contributed by atoms with Gasteiger partial charge in [0.15, 0.2) is 0 Å². The van der Waals surface area contributed by atoms with Crippen molar-refractivity contribution in [1.82, 2.24) is 10.6 Å². The van der Waals surface area contributed by atoms with E-state index in [4.69, 9.17) is 9.47 Å². The number of hydrogen-bond acceptors (Lipinski definition) is 4. The van der Waals surface area contributed by atoms with E-state index in [0.29, 0.717) is 6.04 Å². The first-order valence-electron chi connectivity index (χ1n) is 8.55. The monoisotopic (exact) mass is 326 g/mol. The summed E-state index contributed by atoms with van der Waals surface area (Å²) in [5, 5.41) is 7.37. The predicted molar refractivity (Wildman–Crippen MR) is 96.6 cm³/mol. The molecule has 0 amide bonds. The first-order valence-corrected chi connectivity index (χ1v) is 8.55. The van der Waals surface area contributed by atoms with Crippen LogP contribution in [0.1, 0.15) is 30.0 Å². The van der Waals surface area contributed by atoms with E-state index in [-0.39, 0.29) is 6.04 Å². The smallest absolute Gasteiger partial charge is 0.123 e. The highest BCUT2D eigenvalue weighted by molar-refractivity contribution is 5.37. The molecule has 2 atom stereocenters. The summed E-state index contributed by atoms with van der Waals surface area (Å²) in [6.45, 7) is 1.83. The molecule has 4 heteroatoms. The second kappa shape index (κ2) is 8.18. The largest absolute Gasteiger partial charge is 0.496 e. The number of rotatable bonds is 6. The molecule has 0 radical (unpaired) electrons. The van der Waals surface area contributed by atoms with Gasteiger partial charge in [-0.25, -0.2) is 0 Å². The van der Waals surface area contributed by atoms with Crippen molar-refractivity contribution in [2.75, 3.05) is 20.8 Å². The molecule has 0 aliphatic carbocycles. The summed E-state index contributed by atoms with van der Waals surface area (Å²) in [6, 6.07) is 17.1. The predicted octanol–water partition coefficient (Wildman–Crippen LogP) is 3.29. The van der Waals surface area contributed by atoms with Crippen molar-refractivity contribution < 1.29 is 9.47 Å². The minimum atomic E-state index is 0.254. The van der Waals surface area contributed by atoms with Crippen molar-refractivity contribution in [2.45, 2.75) is 31.5 Å². The molecule has 1 fully saturated rings. The molecule has 2 unspecified atom stereocenters. The highest BCUT2D eigenvalue weighted by Gasteiger charge is 2.28. The highest BCUT2D eigenvalue weighted by atomic mass is 16.5. The fraction of sp³-hybridized carbons (Fsp3) is 0.400. The Morgan fingerprint density at radius 3 is 2.50 bits per heavy atom. The molecule has 2 aromatic rings. The summed E-state index contributed by atoms with van der Waals surface area (Å²) in [7, 11) is 3.46. The second-order valence-corrected chi connectivity index (χ2v) is 6.12. The summed E-state index contributed by atoms with van der Waals surface area (Å²) in [5.41, 5.74) is 2.40. The van der Waals surface area contributed by atoms with Crippen LogP contribution >= 0.6 is 0 Å². The van der Waals surface area contributed by atoms with Gasteiger partial charge in [0.2, 0.25) is 0 Å². The third-order valence-electron chi connectivity index (χ3n) is 4.68. The Balaban J connectivity index is 1.75. The number of hydrogen-bond donors (Lipinski definition) is 2. The zero-order valence-electron chi connectivity index (χ0n) is 14.4. The molecule has 1 aliphatic heterocycles. The minimum absolute atomic E-state index is 0.254. The van der Waals surface area contributed by atoms with Crippen LogP contribution in [0.15, 0.2) is 48.5 Å². The molecular formula is C20H26N2O2. The van der Waals surface area contributed by atoms with Crippen LogP contribution in [0.4, 0.5) is 0 Å². The number of ether oxygens (including phenoxy) is 2. The van der Waals surface area contributed by atoms with E-state index in [9.17, 15) is 0 Å². The first-order chi connectivity index (χ1) is 11.8. The zero-order chi connectivity index (χ0) is 16.8. The number of benzene rings is 2. The summed E-state index contributed by atoms with van der Waals surface area (Å²) in [5.74, 6) is 1.88. The van der Waals surface area contributed by atoms with E-state index in [1.54, 1.807) is 14.2 Å². The van der Waals surface area contributed by atoms with Gasteiger partial charge in [-0.1, -0.05) is 36.4 Å². The van der Waals surface area contributed by atoms with Crippen molar-refractivity contribution in [3.63, 3.8) is 0 Å². The number of para-hydroxylation sites is 2. The molecule has 1 aliphatic rings. The van der Waals surface area contributed by atoms with Crippen LogP contribution in [0.3, 0.4) is 0 Å². The molecule has 3 rings (SSSR count). The second-order valence-electron chi connectivity index (χ2n) is 6.12. The SMILES string of the molecule is COc1ccccc1CNC1CCCNC1c1ccccc1OC. The van der Waals surface area contributed by atoms with E-state index in [1.165, 1.54) is 17.5 Å². The molecule has 0 bridgehead atoms. The van der Waals surface area contributed by atoms with Crippen LogP contribution in [-0.4, -0.2) is 26.8 Å². The fourth-order valence-electron chi connectivity index (χ4n) is 3.45. The van der Waals surface area contributed by atoms with Crippen LogP contribution in [0.25, 0.3) is 0 Å². The molecule has 24 heavy (non-hydrogen) atoms. The van der Waals surface area contributed by atoms with E-state index in [1.807, 2.05) is 24.3 Å². The van der Waals surface area contributed by atoms with Gasteiger partial charge in [0.05, 0.1) is 20.3 Å². The molecule has 4 nitrogen and oxygen atoms in total.